The van der Waals surface area contributed by atoms with Gasteiger partial charge in [0.15, 0.2) is 0 Å². The van der Waals surface area contributed by atoms with E-state index in [1.165, 1.54) is 17.7 Å². The van der Waals surface area contributed by atoms with Gasteiger partial charge in [-0.1, -0.05) is 12.1 Å². The lowest BCUT2D eigenvalue weighted by atomic mass is 10.1. The minimum absolute atomic E-state index is 0.0770. The normalized spacial score (nSPS) is 13.8. The molecule has 0 spiro atoms. The quantitative estimate of drug-likeness (QED) is 0.768. The van der Waals surface area contributed by atoms with E-state index in [0.717, 1.165) is 18.8 Å². The van der Waals surface area contributed by atoms with Crippen LogP contribution in [0.5, 0.6) is 5.75 Å². The first-order valence-electron chi connectivity index (χ1n) is 10.4. The first kappa shape index (κ1) is 21.5. The van der Waals surface area contributed by atoms with Crippen molar-refractivity contribution in [1.82, 2.24) is 15.1 Å². The third kappa shape index (κ3) is 5.43. The van der Waals surface area contributed by atoms with Crippen molar-refractivity contribution in [3.8, 4) is 5.75 Å². The highest BCUT2D eigenvalue weighted by atomic mass is 16.3. The minimum Gasteiger partial charge on any atom is -0.508 e. The molecule has 1 fully saturated rings. The van der Waals surface area contributed by atoms with Crippen molar-refractivity contribution in [1.29, 1.82) is 0 Å². The van der Waals surface area contributed by atoms with Crippen LogP contribution in [0.3, 0.4) is 0 Å². The molecule has 2 aromatic carbocycles. The van der Waals surface area contributed by atoms with Gasteiger partial charge in [-0.25, -0.2) is 4.79 Å². The third-order valence-corrected chi connectivity index (χ3v) is 5.37. The number of nitrogens with one attached hydrogen (secondary N) is 1. The molecule has 0 bridgehead atoms. The molecule has 1 heterocycles. The number of carbonyl (C=O) groups is 2. The van der Waals surface area contributed by atoms with Crippen LogP contribution in [0.2, 0.25) is 0 Å². The molecule has 1 aliphatic rings. The molecule has 3 rings (SSSR count). The van der Waals surface area contributed by atoms with Gasteiger partial charge >= 0.3 is 6.03 Å². The van der Waals surface area contributed by atoms with Crippen molar-refractivity contribution in [2.24, 2.45) is 0 Å². The molecule has 7 heteroatoms. The van der Waals surface area contributed by atoms with Crippen molar-refractivity contribution in [3.63, 3.8) is 0 Å². The number of hydrogen-bond acceptors (Lipinski definition) is 4. The molecular formula is C23H30N4O3. The van der Waals surface area contributed by atoms with Crippen LogP contribution >= 0.6 is 0 Å². The number of aryl methyl sites for hydroxylation is 1. The highest BCUT2D eigenvalue weighted by molar-refractivity contribution is 5.94. The van der Waals surface area contributed by atoms with Crippen molar-refractivity contribution in [3.05, 3.63) is 59.7 Å². The molecular weight excluding hydrogens is 380 g/mol. The van der Waals surface area contributed by atoms with E-state index < -0.39 is 0 Å². The van der Waals surface area contributed by atoms with Crippen LogP contribution in [-0.4, -0.2) is 72.7 Å². The van der Waals surface area contributed by atoms with E-state index in [4.69, 9.17) is 0 Å². The summed E-state index contributed by atoms with van der Waals surface area (Å²) in [5.41, 5.74) is 2.92. The van der Waals surface area contributed by atoms with Crippen molar-refractivity contribution >= 4 is 17.6 Å². The van der Waals surface area contributed by atoms with Crippen molar-refractivity contribution < 1.29 is 14.7 Å². The summed E-state index contributed by atoms with van der Waals surface area (Å²) in [5, 5.41) is 12.4. The average Bonchev–Trinajstić information content (AvgIpc) is 2.77. The number of benzene rings is 2. The van der Waals surface area contributed by atoms with Gasteiger partial charge in [-0.3, -0.25) is 4.79 Å². The fourth-order valence-corrected chi connectivity index (χ4v) is 3.60. The molecule has 30 heavy (non-hydrogen) atoms. The Morgan fingerprint density at radius 1 is 1.03 bits per heavy atom. The van der Waals surface area contributed by atoms with Crippen LogP contribution in [0.15, 0.2) is 48.5 Å². The summed E-state index contributed by atoms with van der Waals surface area (Å²) in [6.07, 6.45) is 0. The number of nitrogens with zero attached hydrogens (tertiary/aromatic N) is 3. The van der Waals surface area contributed by atoms with Gasteiger partial charge in [-0.2, -0.15) is 0 Å². The number of hydrogen-bond donors (Lipinski definition) is 2. The molecule has 1 saturated heterocycles. The van der Waals surface area contributed by atoms with E-state index in [-0.39, 0.29) is 17.7 Å². The fourth-order valence-electron chi connectivity index (χ4n) is 3.60. The number of urea groups is 1. The summed E-state index contributed by atoms with van der Waals surface area (Å²) >= 11 is 0. The number of phenols is 1. The Labute approximate surface area is 177 Å². The number of phenolic OH excluding ortho intramolecular Hbond substituents is 1. The van der Waals surface area contributed by atoms with Gasteiger partial charge in [-0.15, -0.1) is 0 Å². The van der Waals surface area contributed by atoms with Gasteiger partial charge in [0.05, 0.1) is 0 Å². The van der Waals surface area contributed by atoms with E-state index in [9.17, 15) is 14.7 Å². The number of amides is 3. The molecule has 0 aromatic heterocycles. The Morgan fingerprint density at radius 2 is 1.70 bits per heavy atom. The summed E-state index contributed by atoms with van der Waals surface area (Å²) in [6, 6.07) is 14.5. The first-order valence-corrected chi connectivity index (χ1v) is 10.4. The Morgan fingerprint density at radius 3 is 2.33 bits per heavy atom. The van der Waals surface area contributed by atoms with Crippen molar-refractivity contribution in [2.75, 3.05) is 50.7 Å². The van der Waals surface area contributed by atoms with Crippen LogP contribution in [0, 0.1) is 6.92 Å². The molecule has 0 unspecified atom stereocenters. The second-order valence-electron chi connectivity index (χ2n) is 7.48. The van der Waals surface area contributed by atoms with Gasteiger partial charge in [-0.05, 0) is 55.8 Å². The molecule has 0 aliphatic carbocycles. The lowest BCUT2D eigenvalue weighted by Crippen LogP contribution is -2.53. The van der Waals surface area contributed by atoms with Gasteiger partial charge in [0.1, 0.15) is 5.75 Å². The predicted molar refractivity (Wildman–Crippen MR) is 118 cm³/mol. The van der Waals surface area contributed by atoms with Crippen LogP contribution in [0.1, 0.15) is 22.8 Å². The van der Waals surface area contributed by atoms with E-state index >= 15 is 0 Å². The van der Waals surface area contributed by atoms with E-state index in [1.54, 1.807) is 21.9 Å². The second-order valence-corrected chi connectivity index (χ2v) is 7.48. The van der Waals surface area contributed by atoms with Crippen molar-refractivity contribution in [2.45, 2.75) is 13.8 Å². The average molecular weight is 411 g/mol. The number of carbonyl (C=O) groups excluding carboxylic acids is 2. The second kappa shape index (κ2) is 10.0. The standard InChI is InChI=1S/C23H30N4O3/c1-3-25(20-6-4-5-18(2)17-20)12-11-24-23(30)27-15-13-26(14-16-27)22(29)19-7-9-21(28)10-8-19/h4-10,17,28H,3,11-16H2,1-2H3,(H,24,30). The largest absolute Gasteiger partial charge is 0.508 e. The molecule has 2 aromatic rings. The molecule has 0 radical (unpaired) electrons. The zero-order chi connectivity index (χ0) is 21.5. The number of anilines is 1. The zero-order valence-corrected chi connectivity index (χ0v) is 17.7. The van der Waals surface area contributed by atoms with Gasteiger partial charge in [0.2, 0.25) is 0 Å². The summed E-state index contributed by atoms with van der Waals surface area (Å²) in [4.78, 5) is 30.8. The highest BCUT2D eigenvalue weighted by Gasteiger charge is 2.24. The minimum atomic E-state index is -0.0907. The van der Waals surface area contributed by atoms with E-state index in [0.29, 0.717) is 38.3 Å². The molecule has 160 valence electrons. The lowest BCUT2D eigenvalue weighted by Gasteiger charge is -2.35. The summed E-state index contributed by atoms with van der Waals surface area (Å²) in [5.74, 6) is 0.0591. The summed E-state index contributed by atoms with van der Waals surface area (Å²) in [7, 11) is 0. The maximum Gasteiger partial charge on any atom is 0.317 e. The molecule has 1 aliphatic heterocycles. The maximum absolute atomic E-state index is 12.5. The van der Waals surface area contributed by atoms with Gasteiger partial charge < -0.3 is 25.1 Å². The monoisotopic (exact) mass is 410 g/mol. The highest BCUT2D eigenvalue weighted by Crippen LogP contribution is 2.15. The van der Waals surface area contributed by atoms with Crippen LogP contribution in [-0.2, 0) is 0 Å². The predicted octanol–water partition coefficient (Wildman–Crippen LogP) is 2.69. The fraction of sp³-hybridized carbons (Fsp3) is 0.391. The topological polar surface area (TPSA) is 76.1 Å². The Hall–Kier alpha value is -3.22. The Bertz CT molecular complexity index is 861. The summed E-state index contributed by atoms with van der Waals surface area (Å²) in [6.45, 7) is 8.36. The molecule has 2 N–H and O–H groups in total. The molecule has 3 amide bonds. The number of aromatic hydroxyl groups is 1. The van der Waals surface area contributed by atoms with Crippen LogP contribution in [0.4, 0.5) is 10.5 Å². The first-order chi connectivity index (χ1) is 14.5. The van der Waals surface area contributed by atoms with E-state index in [1.807, 2.05) is 6.07 Å². The maximum atomic E-state index is 12.5. The zero-order valence-electron chi connectivity index (χ0n) is 17.7. The van der Waals surface area contributed by atoms with E-state index in [2.05, 4.69) is 42.3 Å². The number of piperazine rings is 1. The van der Waals surface area contributed by atoms with Gasteiger partial charge in [0, 0.05) is 57.1 Å². The number of rotatable bonds is 6. The number of likely N-dealkylation sites (N-methyl/N-ethyl adjacent to an activating group) is 1. The SMILES string of the molecule is CCN(CCNC(=O)N1CCN(C(=O)c2ccc(O)cc2)CC1)c1cccc(C)c1. The Kier molecular flexibility index (Phi) is 7.17. The summed E-state index contributed by atoms with van der Waals surface area (Å²) < 4.78 is 0. The lowest BCUT2D eigenvalue weighted by molar-refractivity contribution is 0.0665. The smallest absolute Gasteiger partial charge is 0.317 e. The molecule has 7 nitrogen and oxygen atoms in total. The third-order valence-electron chi connectivity index (χ3n) is 5.37. The molecule has 0 saturated carbocycles. The van der Waals surface area contributed by atoms with Gasteiger partial charge in [0.25, 0.3) is 5.91 Å². The van der Waals surface area contributed by atoms with Crippen LogP contribution < -0.4 is 10.2 Å². The molecule has 0 atom stereocenters. The Balaban J connectivity index is 1.44. The van der Waals surface area contributed by atoms with Crippen LogP contribution in [0.25, 0.3) is 0 Å².